The number of alkyl halides is 3. The lowest BCUT2D eigenvalue weighted by Gasteiger charge is -2.13. The molecule has 2 nitrogen and oxygen atoms in total. The summed E-state index contributed by atoms with van der Waals surface area (Å²) in [5.41, 5.74) is 4.59. The summed E-state index contributed by atoms with van der Waals surface area (Å²) < 4.78 is 41.9. The second kappa shape index (κ2) is 4.69. The van der Waals surface area contributed by atoms with E-state index in [0.717, 1.165) is 12.1 Å². The average molecular weight is 249 g/mol. The van der Waals surface area contributed by atoms with Gasteiger partial charge in [0.1, 0.15) is 16.8 Å². The molecule has 0 fully saturated rings. The Balaban J connectivity index is 2.76. The molecule has 1 aromatic rings. The number of hydrogen-bond donors (Lipinski definition) is 1. The van der Waals surface area contributed by atoms with Gasteiger partial charge in [0.05, 0.1) is 5.56 Å². The van der Waals surface area contributed by atoms with Crippen LogP contribution in [0.15, 0.2) is 24.3 Å². The molecule has 0 aliphatic carbocycles. The Morgan fingerprint density at radius 3 is 2.19 bits per heavy atom. The smallest absolute Gasteiger partial charge is 0.416 e. The van der Waals surface area contributed by atoms with Gasteiger partial charge in [-0.05, 0) is 31.2 Å². The fraction of sp³-hybridized carbons (Fsp3) is 0.300. The zero-order valence-corrected chi connectivity index (χ0v) is 9.23. The van der Waals surface area contributed by atoms with Crippen molar-refractivity contribution in [1.82, 2.24) is 0 Å². The number of thiocarbonyl (C=S) groups is 1. The summed E-state index contributed by atoms with van der Waals surface area (Å²) in [6.45, 7) is 1.63. The highest BCUT2D eigenvalue weighted by Gasteiger charge is 2.30. The van der Waals surface area contributed by atoms with Crippen molar-refractivity contribution >= 4 is 17.2 Å². The van der Waals surface area contributed by atoms with Crippen molar-refractivity contribution < 1.29 is 17.9 Å². The molecular weight excluding hydrogens is 239 g/mol. The molecule has 0 saturated carbocycles. The van der Waals surface area contributed by atoms with Crippen LogP contribution in [0.5, 0.6) is 5.75 Å². The second-order valence-corrected chi connectivity index (χ2v) is 3.66. The van der Waals surface area contributed by atoms with E-state index < -0.39 is 17.8 Å². The normalized spacial score (nSPS) is 13.2. The Kier molecular flexibility index (Phi) is 3.74. The summed E-state index contributed by atoms with van der Waals surface area (Å²) >= 11 is 4.68. The van der Waals surface area contributed by atoms with Gasteiger partial charge in [-0.3, -0.25) is 0 Å². The molecule has 16 heavy (non-hydrogen) atoms. The molecular formula is C10H10F3NOS. The SMILES string of the molecule is CC(Oc1ccc(C(F)(F)F)cc1)C(N)=S. The van der Waals surface area contributed by atoms with Crippen molar-refractivity contribution in [2.75, 3.05) is 0 Å². The molecule has 88 valence electrons. The predicted molar refractivity (Wildman–Crippen MR) is 58.3 cm³/mol. The maximum atomic E-state index is 12.2. The minimum absolute atomic E-state index is 0.153. The highest BCUT2D eigenvalue weighted by Crippen LogP contribution is 2.30. The molecule has 0 radical (unpaired) electrons. The maximum absolute atomic E-state index is 12.2. The summed E-state index contributed by atoms with van der Waals surface area (Å²) in [6.07, 6.45) is -4.85. The number of rotatable bonds is 3. The molecule has 0 aliphatic heterocycles. The van der Waals surface area contributed by atoms with Crippen LogP contribution in [0.2, 0.25) is 0 Å². The van der Waals surface area contributed by atoms with E-state index >= 15 is 0 Å². The number of halogens is 3. The summed E-state index contributed by atoms with van der Waals surface area (Å²) in [6, 6.07) is 4.36. The first-order valence-electron chi connectivity index (χ1n) is 4.44. The molecule has 2 N–H and O–H groups in total. The lowest BCUT2D eigenvalue weighted by molar-refractivity contribution is -0.137. The lowest BCUT2D eigenvalue weighted by atomic mass is 10.2. The van der Waals surface area contributed by atoms with E-state index in [2.05, 4.69) is 12.2 Å². The zero-order chi connectivity index (χ0) is 12.3. The fourth-order valence-electron chi connectivity index (χ4n) is 0.985. The minimum Gasteiger partial charge on any atom is -0.484 e. The van der Waals surface area contributed by atoms with Gasteiger partial charge in [-0.25, -0.2) is 0 Å². The monoisotopic (exact) mass is 249 g/mol. The van der Waals surface area contributed by atoms with Gasteiger partial charge in [-0.15, -0.1) is 0 Å². The van der Waals surface area contributed by atoms with Crippen molar-refractivity contribution in [3.8, 4) is 5.75 Å². The highest BCUT2D eigenvalue weighted by atomic mass is 32.1. The van der Waals surface area contributed by atoms with Gasteiger partial charge in [0, 0.05) is 0 Å². The van der Waals surface area contributed by atoms with E-state index in [1.165, 1.54) is 12.1 Å². The van der Waals surface area contributed by atoms with Gasteiger partial charge in [0.15, 0.2) is 0 Å². The molecule has 0 amide bonds. The Labute approximate surface area is 96.2 Å². The summed E-state index contributed by atoms with van der Waals surface area (Å²) in [4.78, 5) is 0.153. The van der Waals surface area contributed by atoms with E-state index in [1.807, 2.05) is 0 Å². The van der Waals surface area contributed by atoms with Gasteiger partial charge >= 0.3 is 6.18 Å². The molecule has 6 heteroatoms. The molecule has 0 aromatic heterocycles. The Bertz CT molecular complexity index is 375. The van der Waals surface area contributed by atoms with Gasteiger partial charge in [0.25, 0.3) is 0 Å². The van der Waals surface area contributed by atoms with Crippen LogP contribution >= 0.6 is 12.2 Å². The van der Waals surface area contributed by atoms with Crippen LogP contribution in [-0.4, -0.2) is 11.1 Å². The predicted octanol–water partition coefficient (Wildman–Crippen LogP) is 2.76. The lowest BCUT2D eigenvalue weighted by Crippen LogP contribution is -2.28. The minimum atomic E-state index is -4.34. The third-order valence-electron chi connectivity index (χ3n) is 1.90. The van der Waals surface area contributed by atoms with Crippen molar-refractivity contribution in [3.63, 3.8) is 0 Å². The van der Waals surface area contributed by atoms with Crippen LogP contribution in [0.25, 0.3) is 0 Å². The summed E-state index contributed by atoms with van der Waals surface area (Å²) in [5, 5.41) is 0. The number of hydrogen-bond acceptors (Lipinski definition) is 2. The number of nitrogens with two attached hydrogens (primary N) is 1. The van der Waals surface area contributed by atoms with E-state index in [-0.39, 0.29) is 4.99 Å². The van der Waals surface area contributed by atoms with Crippen LogP contribution in [0, 0.1) is 0 Å². The van der Waals surface area contributed by atoms with Crippen molar-refractivity contribution in [2.45, 2.75) is 19.2 Å². The third kappa shape index (κ3) is 3.37. The first-order valence-corrected chi connectivity index (χ1v) is 4.85. The number of ether oxygens (including phenoxy) is 1. The first-order chi connectivity index (χ1) is 7.30. The Morgan fingerprint density at radius 2 is 1.81 bits per heavy atom. The van der Waals surface area contributed by atoms with Gasteiger partial charge < -0.3 is 10.5 Å². The van der Waals surface area contributed by atoms with Crippen molar-refractivity contribution in [2.24, 2.45) is 5.73 Å². The van der Waals surface area contributed by atoms with Gasteiger partial charge in [-0.2, -0.15) is 13.2 Å². The Hall–Kier alpha value is -1.30. The summed E-state index contributed by atoms with van der Waals surface area (Å²) in [7, 11) is 0. The zero-order valence-electron chi connectivity index (χ0n) is 8.41. The van der Waals surface area contributed by atoms with Crippen molar-refractivity contribution in [1.29, 1.82) is 0 Å². The van der Waals surface area contributed by atoms with E-state index in [0.29, 0.717) is 5.75 Å². The average Bonchev–Trinajstić information content (AvgIpc) is 2.17. The molecule has 1 aromatic carbocycles. The quantitative estimate of drug-likeness (QED) is 0.836. The standard InChI is InChI=1S/C10H10F3NOS/c1-6(9(14)16)15-8-4-2-7(3-5-8)10(11,12)13/h2-6H,1H3,(H2,14,16). The molecule has 0 aliphatic rings. The van der Waals surface area contributed by atoms with Crippen LogP contribution in [0.4, 0.5) is 13.2 Å². The van der Waals surface area contributed by atoms with Crippen LogP contribution in [-0.2, 0) is 6.18 Å². The van der Waals surface area contributed by atoms with Crippen molar-refractivity contribution in [3.05, 3.63) is 29.8 Å². The molecule has 0 saturated heterocycles. The van der Waals surface area contributed by atoms with Crippen LogP contribution in [0.3, 0.4) is 0 Å². The highest BCUT2D eigenvalue weighted by molar-refractivity contribution is 7.80. The molecule has 0 bridgehead atoms. The van der Waals surface area contributed by atoms with Gasteiger partial charge in [0.2, 0.25) is 0 Å². The molecule has 1 atom stereocenters. The topological polar surface area (TPSA) is 35.2 Å². The van der Waals surface area contributed by atoms with Crippen LogP contribution in [0.1, 0.15) is 12.5 Å². The third-order valence-corrected chi connectivity index (χ3v) is 2.23. The second-order valence-electron chi connectivity index (χ2n) is 3.18. The maximum Gasteiger partial charge on any atom is 0.416 e. The van der Waals surface area contributed by atoms with E-state index in [9.17, 15) is 13.2 Å². The molecule has 0 spiro atoms. The molecule has 0 heterocycles. The summed E-state index contributed by atoms with van der Waals surface area (Å²) in [5.74, 6) is 0.299. The van der Waals surface area contributed by atoms with Crippen LogP contribution < -0.4 is 10.5 Å². The molecule has 1 unspecified atom stereocenters. The van der Waals surface area contributed by atoms with E-state index in [1.54, 1.807) is 6.92 Å². The first kappa shape index (κ1) is 12.8. The fourth-order valence-corrected chi connectivity index (χ4v) is 1.03. The molecule has 1 rings (SSSR count). The number of benzene rings is 1. The largest absolute Gasteiger partial charge is 0.484 e. The Morgan fingerprint density at radius 1 is 1.31 bits per heavy atom. The van der Waals surface area contributed by atoms with Gasteiger partial charge in [-0.1, -0.05) is 12.2 Å². The van der Waals surface area contributed by atoms with E-state index in [4.69, 9.17) is 10.5 Å².